The molecular formula is C23H31ClN2O6S2. The lowest BCUT2D eigenvalue weighted by atomic mass is 10.1. The van der Waals surface area contributed by atoms with Gasteiger partial charge in [0.25, 0.3) is 0 Å². The minimum absolute atomic E-state index is 0.0369. The highest BCUT2D eigenvalue weighted by Crippen LogP contribution is 2.25. The molecule has 2 aromatic rings. The minimum atomic E-state index is -3.77. The summed E-state index contributed by atoms with van der Waals surface area (Å²) in [6.45, 7) is 4.71. The van der Waals surface area contributed by atoms with Crippen molar-refractivity contribution in [3.8, 4) is 5.75 Å². The Morgan fingerprint density at radius 2 is 1.71 bits per heavy atom. The maximum absolute atomic E-state index is 13.4. The smallest absolute Gasteiger partial charge is 0.243 e. The Balaban J connectivity index is 1.72. The van der Waals surface area contributed by atoms with Gasteiger partial charge in [-0.05, 0) is 47.9 Å². The summed E-state index contributed by atoms with van der Waals surface area (Å²) in [5, 5.41) is 10.9. The van der Waals surface area contributed by atoms with Crippen LogP contribution in [0.2, 0.25) is 5.02 Å². The van der Waals surface area contributed by atoms with E-state index in [2.05, 4.69) is 0 Å². The zero-order valence-electron chi connectivity index (χ0n) is 19.5. The summed E-state index contributed by atoms with van der Waals surface area (Å²) < 4.78 is 58.6. The van der Waals surface area contributed by atoms with Crippen molar-refractivity contribution in [3.05, 3.63) is 59.1 Å². The van der Waals surface area contributed by atoms with E-state index in [4.69, 9.17) is 16.3 Å². The summed E-state index contributed by atoms with van der Waals surface area (Å²) in [4.78, 5) is 0.141. The monoisotopic (exact) mass is 530 g/mol. The van der Waals surface area contributed by atoms with Gasteiger partial charge in [0.2, 0.25) is 20.0 Å². The van der Waals surface area contributed by atoms with Crippen molar-refractivity contribution in [2.75, 3.05) is 25.9 Å². The number of hydrogen-bond acceptors (Lipinski definition) is 6. The molecule has 1 heterocycles. The zero-order valence-corrected chi connectivity index (χ0v) is 21.9. The van der Waals surface area contributed by atoms with Crippen LogP contribution >= 0.6 is 11.6 Å². The van der Waals surface area contributed by atoms with Gasteiger partial charge in [-0.2, -0.15) is 8.61 Å². The second-order valence-corrected chi connectivity index (χ2v) is 13.3. The molecule has 0 bridgehead atoms. The van der Waals surface area contributed by atoms with Gasteiger partial charge >= 0.3 is 0 Å². The molecule has 1 aliphatic rings. The second-order valence-electron chi connectivity index (χ2n) is 8.92. The van der Waals surface area contributed by atoms with Gasteiger partial charge < -0.3 is 9.84 Å². The molecule has 8 nitrogen and oxygen atoms in total. The normalized spacial score (nSPS) is 20.1. The molecule has 1 N–H and O–H groups in total. The molecule has 1 aliphatic heterocycles. The molecule has 0 aromatic heterocycles. The van der Waals surface area contributed by atoms with Crippen molar-refractivity contribution in [2.24, 2.45) is 5.92 Å². The predicted octanol–water partition coefficient (Wildman–Crippen LogP) is 2.96. The maximum atomic E-state index is 13.4. The Kier molecular flexibility index (Phi) is 8.65. The van der Waals surface area contributed by atoms with Crippen LogP contribution in [0.25, 0.3) is 0 Å². The van der Waals surface area contributed by atoms with Gasteiger partial charge in [-0.1, -0.05) is 37.6 Å². The SMILES string of the molecule is CC(C)CN(Cc1ccc(Cl)cc1)S(=O)(=O)c1ccc(O[C@@H]2CCN(S(C)(=O)=O)C[C@H]2O)cc1. The molecule has 0 radical (unpaired) electrons. The molecule has 0 amide bonds. The van der Waals surface area contributed by atoms with Gasteiger partial charge in [0.05, 0.1) is 11.2 Å². The molecule has 11 heteroatoms. The number of piperidine rings is 1. The van der Waals surface area contributed by atoms with Crippen LogP contribution in [0, 0.1) is 5.92 Å². The Hall–Kier alpha value is -1.69. The molecule has 2 atom stereocenters. The highest BCUT2D eigenvalue weighted by Gasteiger charge is 2.33. The topological polar surface area (TPSA) is 104 Å². The van der Waals surface area contributed by atoms with Crippen LogP contribution in [-0.2, 0) is 26.6 Å². The van der Waals surface area contributed by atoms with Crippen molar-refractivity contribution in [2.45, 2.75) is 43.9 Å². The van der Waals surface area contributed by atoms with Gasteiger partial charge in [-0.25, -0.2) is 16.8 Å². The molecule has 1 fully saturated rings. The van der Waals surface area contributed by atoms with E-state index in [1.165, 1.54) is 20.7 Å². The van der Waals surface area contributed by atoms with E-state index in [9.17, 15) is 21.9 Å². The van der Waals surface area contributed by atoms with Crippen molar-refractivity contribution >= 4 is 31.6 Å². The van der Waals surface area contributed by atoms with Crippen LogP contribution in [0.4, 0.5) is 0 Å². The van der Waals surface area contributed by atoms with Crippen LogP contribution in [0.15, 0.2) is 53.4 Å². The summed E-state index contributed by atoms with van der Waals surface area (Å²) in [5.41, 5.74) is 0.836. The van der Waals surface area contributed by atoms with Gasteiger partial charge in [0.1, 0.15) is 18.0 Å². The number of rotatable bonds is 9. The molecule has 34 heavy (non-hydrogen) atoms. The summed E-state index contributed by atoms with van der Waals surface area (Å²) >= 11 is 5.95. The number of sulfonamides is 2. The van der Waals surface area contributed by atoms with Gasteiger partial charge in [0, 0.05) is 37.6 Å². The second kappa shape index (κ2) is 10.9. The van der Waals surface area contributed by atoms with Gasteiger partial charge in [-0.15, -0.1) is 0 Å². The molecule has 0 saturated carbocycles. The summed E-state index contributed by atoms with van der Waals surface area (Å²) in [7, 11) is -7.15. The predicted molar refractivity (Wildman–Crippen MR) is 132 cm³/mol. The van der Waals surface area contributed by atoms with Gasteiger partial charge in [0.15, 0.2) is 0 Å². The number of benzene rings is 2. The molecule has 0 aliphatic carbocycles. The Morgan fingerprint density at radius 3 is 2.24 bits per heavy atom. The Morgan fingerprint density at radius 1 is 1.09 bits per heavy atom. The average Bonchev–Trinajstić information content (AvgIpc) is 2.75. The quantitative estimate of drug-likeness (QED) is 0.534. The third-order valence-corrected chi connectivity index (χ3v) is 8.89. The first-order valence-electron chi connectivity index (χ1n) is 11.0. The number of aliphatic hydroxyl groups excluding tert-OH is 1. The van der Waals surface area contributed by atoms with E-state index in [0.29, 0.717) is 23.7 Å². The number of β-amino-alcohol motifs (C(OH)–C–C–N with tert-alkyl or cyclic N) is 1. The number of nitrogens with zero attached hydrogens (tertiary/aromatic N) is 2. The minimum Gasteiger partial charge on any atom is -0.488 e. The molecule has 0 spiro atoms. The number of hydrogen-bond donors (Lipinski definition) is 1. The summed E-state index contributed by atoms with van der Waals surface area (Å²) in [6.07, 6.45) is -0.122. The fourth-order valence-electron chi connectivity index (χ4n) is 3.78. The van der Waals surface area contributed by atoms with Crippen molar-refractivity contribution in [3.63, 3.8) is 0 Å². The number of aliphatic hydroxyl groups is 1. The molecule has 0 unspecified atom stereocenters. The zero-order chi connectivity index (χ0) is 25.1. The third kappa shape index (κ3) is 6.93. The van der Waals surface area contributed by atoms with E-state index < -0.39 is 32.3 Å². The van der Waals surface area contributed by atoms with Crippen LogP contribution in [0.5, 0.6) is 5.75 Å². The lowest BCUT2D eigenvalue weighted by Crippen LogP contribution is -2.50. The first-order valence-corrected chi connectivity index (χ1v) is 14.7. The van der Waals surface area contributed by atoms with E-state index in [0.717, 1.165) is 11.8 Å². The maximum Gasteiger partial charge on any atom is 0.243 e. The van der Waals surface area contributed by atoms with E-state index in [-0.39, 0.29) is 30.4 Å². The molecule has 2 aromatic carbocycles. The van der Waals surface area contributed by atoms with Crippen molar-refractivity contribution in [1.29, 1.82) is 0 Å². The van der Waals surface area contributed by atoms with Crippen LogP contribution < -0.4 is 4.74 Å². The Labute approximate surface area is 207 Å². The summed E-state index contributed by atoms with van der Waals surface area (Å²) in [5.74, 6) is 0.535. The van der Waals surface area contributed by atoms with E-state index in [1.54, 1.807) is 24.3 Å². The van der Waals surface area contributed by atoms with Crippen molar-refractivity contribution < 1.29 is 26.7 Å². The highest BCUT2D eigenvalue weighted by atomic mass is 35.5. The first kappa shape index (κ1) is 26.9. The number of ether oxygens (including phenoxy) is 1. The number of halogens is 1. The fraction of sp³-hybridized carbons (Fsp3) is 0.478. The van der Waals surface area contributed by atoms with Crippen LogP contribution in [0.3, 0.4) is 0 Å². The molecule has 188 valence electrons. The van der Waals surface area contributed by atoms with Crippen LogP contribution in [0.1, 0.15) is 25.8 Å². The lowest BCUT2D eigenvalue weighted by Gasteiger charge is -2.34. The summed E-state index contributed by atoms with van der Waals surface area (Å²) in [6, 6.07) is 13.2. The molecule has 1 saturated heterocycles. The first-order chi connectivity index (χ1) is 15.9. The average molecular weight is 531 g/mol. The van der Waals surface area contributed by atoms with E-state index >= 15 is 0 Å². The van der Waals surface area contributed by atoms with E-state index in [1.807, 2.05) is 26.0 Å². The van der Waals surface area contributed by atoms with Gasteiger partial charge in [-0.3, -0.25) is 0 Å². The molecule has 3 rings (SSSR count). The Bertz CT molecular complexity index is 1170. The molecular weight excluding hydrogens is 500 g/mol. The fourth-order valence-corrected chi connectivity index (χ4v) is 6.36. The largest absolute Gasteiger partial charge is 0.488 e. The van der Waals surface area contributed by atoms with Crippen molar-refractivity contribution in [1.82, 2.24) is 8.61 Å². The lowest BCUT2D eigenvalue weighted by molar-refractivity contribution is -0.00449. The highest BCUT2D eigenvalue weighted by molar-refractivity contribution is 7.89. The third-order valence-electron chi connectivity index (χ3n) is 5.54. The standard InChI is InChI=1S/C23H31ClN2O6S2/c1-17(2)14-26(15-18-4-6-19(24)7-5-18)34(30,31)21-10-8-20(9-11-21)32-23-12-13-25(16-22(23)27)33(3,28)29/h4-11,17,22-23,27H,12-16H2,1-3H3/t22-,23-/m1/s1. The van der Waals surface area contributed by atoms with Crippen LogP contribution in [-0.4, -0.2) is 68.7 Å².